The molecule has 0 bridgehead atoms. The van der Waals surface area contributed by atoms with Gasteiger partial charge >= 0.3 is 0 Å². The third kappa shape index (κ3) is 4.84. The van der Waals surface area contributed by atoms with Gasteiger partial charge in [-0.05, 0) is 36.0 Å². The van der Waals surface area contributed by atoms with Crippen LogP contribution in [0.3, 0.4) is 0 Å². The maximum atomic E-state index is 12.8. The van der Waals surface area contributed by atoms with E-state index in [1.54, 1.807) is 17.0 Å². The highest BCUT2D eigenvalue weighted by atomic mass is 32.2. The highest BCUT2D eigenvalue weighted by Crippen LogP contribution is 2.21. The van der Waals surface area contributed by atoms with E-state index in [1.807, 2.05) is 26.0 Å². The van der Waals surface area contributed by atoms with Gasteiger partial charge in [0, 0.05) is 26.2 Å². The molecule has 0 aliphatic carbocycles. The number of carbonyl (C=O) groups excluding carboxylic acids is 1. The van der Waals surface area contributed by atoms with E-state index in [0.29, 0.717) is 49.3 Å². The van der Waals surface area contributed by atoms with Crippen molar-refractivity contribution in [1.82, 2.24) is 9.21 Å². The monoisotopic (exact) mass is 381 g/mol. The first-order valence-corrected chi connectivity index (χ1v) is 10.7. The number of amides is 1. The number of sulfonamides is 1. The molecule has 26 heavy (non-hydrogen) atoms. The summed E-state index contributed by atoms with van der Waals surface area (Å²) in [6.45, 7) is 9.57. The number of nitrogens with zero attached hydrogens (tertiary/aromatic N) is 2. The zero-order valence-electron chi connectivity index (χ0n) is 16.2. The third-order valence-corrected chi connectivity index (χ3v) is 6.69. The SMILES string of the molecule is CC(C)C[C@H](N)C(=O)N1CCN(S(=O)(=O)c2ccc(C(C)C)cc2)CC1. The third-order valence-electron chi connectivity index (χ3n) is 4.78. The second-order valence-corrected chi connectivity index (χ2v) is 9.63. The van der Waals surface area contributed by atoms with Crippen LogP contribution in [0.4, 0.5) is 0 Å². The molecule has 146 valence electrons. The first kappa shape index (κ1) is 20.9. The molecule has 2 rings (SSSR count). The van der Waals surface area contributed by atoms with Crippen molar-refractivity contribution in [2.75, 3.05) is 26.2 Å². The smallest absolute Gasteiger partial charge is 0.243 e. The van der Waals surface area contributed by atoms with Crippen LogP contribution in [-0.4, -0.2) is 55.8 Å². The standard InChI is InChI=1S/C19H31N3O3S/c1-14(2)13-18(20)19(23)21-9-11-22(12-10-21)26(24,25)17-7-5-16(6-8-17)15(3)4/h5-8,14-15,18H,9-13,20H2,1-4H3/t18-/m0/s1. The molecule has 0 unspecified atom stereocenters. The molecule has 1 atom stereocenters. The molecule has 7 heteroatoms. The van der Waals surface area contributed by atoms with E-state index in [2.05, 4.69) is 13.8 Å². The molecule has 1 heterocycles. The van der Waals surface area contributed by atoms with Crippen molar-refractivity contribution < 1.29 is 13.2 Å². The van der Waals surface area contributed by atoms with Gasteiger partial charge in [0.2, 0.25) is 15.9 Å². The molecule has 1 aliphatic heterocycles. The van der Waals surface area contributed by atoms with Crippen LogP contribution in [0.2, 0.25) is 0 Å². The molecule has 1 aliphatic rings. The van der Waals surface area contributed by atoms with E-state index < -0.39 is 16.1 Å². The molecule has 1 aromatic rings. The molecule has 0 radical (unpaired) electrons. The van der Waals surface area contributed by atoms with E-state index in [0.717, 1.165) is 5.56 Å². The molecular weight excluding hydrogens is 350 g/mol. The molecule has 1 fully saturated rings. The Bertz CT molecular complexity index is 706. The quantitative estimate of drug-likeness (QED) is 0.817. The number of hydrogen-bond donors (Lipinski definition) is 1. The van der Waals surface area contributed by atoms with Gasteiger partial charge in [-0.2, -0.15) is 4.31 Å². The lowest BCUT2D eigenvalue weighted by molar-refractivity contribution is -0.134. The van der Waals surface area contributed by atoms with E-state index in [1.165, 1.54) is 4.31 Å². The normalized spacial score (nSPS) is 17.7. The van der Waals surface area contributed by atoms with Crippen LogP contribution in [-0.2, 0) is 14.8 Å². The van der Waals surface area contributed by atoms with Crippen molar-refractivity contribution in [3.8, 4) is 0 Å². The molecule has 2 N–H and O–H groups in total. The average molecular weight is 382 g/mol. The first-order chi connectivity index (χ1) is 12.1. The van der Waals surface area contributed by atoms with Gasteiger partial charge < -0.3 is 10.6 Å². The summed E-state index contributed by atoms with van der Waals surface area (Å²) < 4.78 is 27.1. The van der Waals surface area contributed by atoms with Gasteiger partial charge in [0.15, 0.2) is 0 Å². The molecule has 1 aromatic carbocycles. The summed E-state index contributed by atoms with van der Waals surface area (Å²) in [4.78, 5) is 14.4. The highest BCUT2D eigenvalue weighted by Gasteiger charge is 2.31. The molecule has 0 spiro atoms. The summed E-state index contributed by atoms with van der Waals surface area (Å²) in [6, 6.07) is 6.55. The van der Waals surface area contributed by atoms with Crippen LogP contribution in [0.15, 0.2) is 29.2 Å². The van der Waals surface area contributed by atoms with Crippen molar-refractivity contribution in [2.45, 2.75) is 51.0 Å². The van der Waals surface area contributed by atoms with Gasteiger partial charge in [-0.3, -0.25) is 4.79 Å². The van der Waals surface area contributed by atoms with Crippen LogP contribution in [0.5, 0.6) is 0 Å². The fourth-order valence-corrected chi connectivity index (χ4v) is 4.59. The Morgan fingerprint density at radius 3 is 2.04 bits per heavy atom. The Balaban J connectivity index is 2.01. The second-order valence-electron chi connectivity index (χ2n) is 7.69. The van der Waals surface area contributed by atoms with Gasteiger partial charge in [0.1, 0.15) is 0 Å². The maximum absolute atomic E-state index is 12.8. The largest absolute Gasteiger partial charge is 0.339 e. The Labute approximate surface area is 157 Å². The molecule has 1 amide bonds. The molecule has 6 nitrogen and oxygen atoms in total. The Hall–Kier alpha value is -1.44. The minimum Gasteiger partial charge on any atom is -0.339 e. The van der Waals surface area contributed by atoms with E-state index >= 15 is 0 Å². The Kier molecular flexibility index (Phi) is 6.82. The van der Waals surface area contributed by atoms with Crippen LogP contribution >= 0.6 is 0 Å². The van der Waals surface area contributed by atoms with Crippen molar-refractivity contribution in [3.63, 3.8) is 0 Å². The van der Waals surface area contributed by atoms with E-state index in [9.17, 15) is 13.2 Å². The number of nitrogens with two attached hydrogens (primary N) is 1. The zero-order chi connectivity index (χ0) is 19.5. The average Bonchev–Trinajstić information content (AvgIpc) is 2.60. The van der Waals surface area contributed by atoms with Gasteiger partial charge in [-0.1, -0.05) is 39.8 Å². The van der Waals surface area contributed by atoms with Crippen molar-refractivity contribution in [3.05, 3.63) is 29.8 Å². The molecule has 1 saturated heterocycles. The van der Waals surface area contributed by atoms with E-state index in [-0.39, 0.29) is 5.91 Å². The Morgan fingerprint density at radius 1 is 1.04 bits per heavy atom. The minimum atomic E-state index is -3.53. The summed E-state index contributed by atoms with van der Waals surface area (Å²) in [7, 11) is -3.53. The van der Waals surface area contributed by atoms with Crippen molar-refractivity contribution in [2.24, 2.45) is 11.7 Å². The highest BCUT2D eigenvalue weighted by molar-refractivity contribution is 7.89. The van der Waals surface area contributed by atoms with Gasteiger partial charge in [0.25, 0.3) is 0 Å². The van der Waals surface area contributed by atoms with Crippen LogP contribution < -0.4 is 5.73 Å². The van der Waals surface area contributed by atoms with Crippen molar-refractivity contribution in [1.29, 1.82) is 0 Å². The summed E-state index contributed by atoms with van der Waals surface area (Å²) in [5.74, 6) is 0.623. The van der Waals surface area contributed by atoms with Crippen LogP contribution in [0.1, 0.15) is 45.6 Å². The van der Waals surface area contributed by atoms with Gasteiger partial charge in [-0.15, -0.1) is 0 Å². The number of rotatable bonds is 6. The lowest BCUT2D eigenvalue weighted by Gasteiger charge is -2.35. The Morgan fingerprint density at radius 2 is 1.58 bits per heavy atom. The first-order valence-electron chi connectivity index (χ1n) is 9.27. The lowest BCUT2D eigenvalue weighted by atomic mass is 10.0. The predicted molar refractivity (Wildman–Crippen MR) is 103 cm³/mol. The maximum Gasteiger partial charge on any atom is 0.243 e. The van der Waals surface area contributed by atoms with Gasteiger partial charge in [-0.25, -0.2) is 8.42 Å². The second kappa shape index (κ2) is 8.50. The van der Waals surface area contributed by atoms with E-state index in [4.69, 9.17) is 5.73 Å². The predicted octanol–water partition coefficient (Wildman–Crippen LogP) is 2.02. The number of benzene rings is 1. The fourth-order valence-electron chi connectivity index (χ4n) is 3.17. The number of piperazine rings is 1. The minimum absolute atomic E-state index is 0.0861. The van der Waals surface area contributed by atoms with Gasteiger partial charge in [0.05, 0.1) is 10.9 Å². The lowest BCUT2D eigenvalue weighted by Crippen LogP contribution is -2.54. The van der Waals surface area contributed by atoms with Crippen LogP contribution in [0, 0.1) is 5.92 Å². The topological polar surface area (TPSA) is 83.7 Å². The summed E-state index contributed by atoms with van der Waals surface area (Å²) in [6.07, 6.45) is 0.638. The molecular formula is C19H31N3O3S. The molecule has 0 saturated carbocycles. The fraction of sp³-hybridized carbons (Fsp3) is 0.632. The number of hydrogen-bond acceptors (Lipinski definition) is 4. The van der Waals surface area contributed by atoms with Crippen molar-refractivity contribution >= 4 is 15.9 Å². The summed E-state index contributed by atoms with van der Waals surface area (Å²) in [5, 5.41) is 0. The number of carbonyl (C=O) groups is 1. The van der Waals surface area contributed by atoms with Crippen LogP contribution in [0.25, 0.3) is 0 Å². The summed E-state index contributed by atoms with van der Waals surface area (Å²) >= 11 is 0. The zero-order valence-corrected chi connectivity index (χ0v) is 17.0. The summed E-state index contributed by atoms with van der Waals surface area (Å²) in [5.41, 5.74) is 7.09. The molecule has 0 aromatic heterocycles.